The third-order valence-electron chi connectivity index (χ3n) is 2.85. The molecule has 0 atom stereocenters. The maximum atomic E-state index is 11.6. The van der Waals surface area contributed by atoms with E-state index >= 15 is 0 Å². The van der Waals surface area contributed by atoms with Crippen LogP contribution in [0.3, 0.4) is 0 Å². The van der Waals surface area contributed by atoms with Gasteiger partial charge in [0.2, 0.25) is 5.91 Å². The van der Waals surface area contributed by atoms with Crippen LogP contribution in [0.2, 0.25) is 5.02 Å². The van der Waals surface area contributed by atoms with Crippen LogP contribution in [0, 0.1) is 0 Å². The summed E-state index contributed by atoms with van der Waals surface area (Å²) < 4.78 is 5.08. The molecule has 0 aliphatic rings. The van der Waals surface area contributed by atoms with Crippen LogP contribution < -0.4 is 16.0 Å². The van der Waals surface area contributed by atoms with Gasteiger partial charge in [-0.05, 0) is 23.8 Å². The van der Waals surface area contributed by atoms with Gasteiger partial charge in [-0.3, -0.25) is 4.79 Å². The van der Waals surface area contributed by atoms with Crippen molar-refractivity contribution in [2.45, 2.75) is 13.1 Å². The summed E-state index contributed by atoms with van der Waals surface area (Å²) in [7, 11) is 0. The molecule has 22 heavy (non-hydrogen) atoms. The highest BCUT2D eigenvalue weighted by Gasteiger charge is 2.06. The van der Waals surface area contributed by atoms with Crippen molar-refractivity contribution < 1.29 is 14.0 Å². The number of carbonyl (C=O) groups is 2. The smallest absolute Gasteiger partial charge is 0.315 e. The Bertz CT molecular complexity index is 629. The van der Waals surface area contributed by atoms with Crippen molar-refractivity contribution in [3.63, 3.8) is 0 Å². The van der Waals surface area contributed by atoms with Gasteiger partial charge in [0.15, 0.2) is 0 Å². The van der Waals surface area contributed by atoms with Crippen molar-refractivity contribution in [1.82, 2.24) is 16.0 Å². The standard InChI is InChI=1S/C15H16ClN3O3/c16-13-6-2-1-4-11(13)8-18-15(21)19-10-14(20)17-9-12-5-3-7-22-12/h1-7H,8-10H2,(H,17,20)(H2,18,19,21). The van der Waals surface area contributed by atoms with Gasteiger partial charge in [0, 0.05) is 11.6 Å². The molecule has 0 saturated carbocycles. The van der Waals surface area contributed by atoms with Crippen molar-refractivity contribution in [3.05, 3.63) is 59.0 Å². The first-order valence-electron chi connectivity index (χ1n) is 6.69. The predicted octanol–water partition coefficient (Wildman–Crippen LogP) is 2.05. The maximum Gasteiger partial charge on any atom is 0.315 e. The normalized spacial score (nSPS) is 10.0. The van der Waals surface area contributed by atoms with Crippen LogP contribution in [0.1, 0.15) is 11.3 Å². The van der Waals surface area contributed by atoms with Crippen molar-refractivity contribution in [3.8, 4) is 0 Å². The number of nitrogens with one attached hydrogen (secondary N) is 3. The van der Waals surface area contributed by atoms with Crippen LogP contribution in [0.4, 0.5) is 4.79 Å². The summed E-state index contributed by atoms with van der Waals surface area (Å²) in [4.78, 5) is 23.2. The summed E-state index contributed by atoms with van der Waals surface area (Å²) in [6, 6.07) is 10.3. The van der Waals surface area contributed by atoms with Gasteiger partial charge >= 0.3 is 6.03 Å². The van der Waals surface area contributed by atoms with Crippen LogP contribution in [-0.2, 0) is 17.9 Å². The number of furan rings is 1. The first kappa shape index (κ1) is 15.9. The molecule has 0 spiro atoms. The number of urea groups is 1. The van der Waals surface area contributed by atoms with Gasteiger partial charge in [-0.1, -0.05) is 29.8 Å². The average molecular weight is 322 g/mol. The Morgan fingerprint density at radius 1 is 1.00 bits per heavy atom. The van der Waals surface area contributed by atoms with E-state index in [9.17, 15) is 9.59 Å². The summed E-state index contributed by atoms with van der Waals surface area (Å²) in [6.45, 7) is 0.462. The van der Waals surface area contributed by atoms with E-state index < -0.39 is 6.03 Å². The molecule has 0 radical (unpaired) electrons. The van der Waals surface area contributed by atoms with Gasteiger partial charge in [-0.15, -0.1) is 0 Å². The molecule has 1 aromatic carbocycles. The van der Waals surface area contributed by atoms with Crippen LogP contribution in [0.25, 0.3) is 0 Å². The number of amides is 3. The summed E-state index contributed by atoms with van der Waals surface area (Å²) in [6.07, 6.45) is 1.53. The minimum absolute atomic E-state index is 0.116. The van der Waals surface area contributed by atoms with Crippen molar-refractivity contribution >= 4 is 23.5 Å². The highest BCUT2D eigenvalue weighted by Crippen LogP contribution is 2.13. The fraction of sp³-hybridized carbons (Fsp3) is 0.200. The molecule has 0 aliphatic carbocycles. The van der Waals surface area contributed by atoms with E-state index in [1.165, 1.54) is 6.26 Å². The zero-order chi connectivity index (χ0) is 15.8. The van der Waals surface area contributed by atoms with E-state index in [0.717, 1.165) is 5.56 Å². The second-order valence-corrected chi connectivity index (χ2v) is 4.89. The molecule has 3 N–H and O–H groups in total. The van der Waals surface area contributed by atoms with Gasteiger partial charge in [-0.25, -0.2) is 4.79 Å². The summed E-state index contributed by atoms with van der Waals surface area (Å²) in [5.41, 5.74) is 0.807. The minimum Gasteiger partial charge on any atom is -0.467 e. The third-order valence-corrected chi connectivity index (χ3v) is 3.22. The summed E-state index contributed by atoms with van der Waals surface area (Å²) >= 11 is 5.98. The topological polar surface area (TPSA) is 83.4 Å². The lowest BCUT2D eigenvalue weighted by atomic mass is 10.2. The second kappa shape index (κ2) is 8.09. The molecule has 0 bridgehead atoms. The monoisotopic (exact) mass is 321 g/mol. The number of carbonyl (C=O) groups excluding carboxylic acids is 2. The Hall–Kier alpha value is -2.47. The zero-order valence-corrected chi connectivity index (χ0v) is 12.5. The van der Waals surface area contributed by atoms with Crippen molar-refractivity contribution in [2.24, 2.45) is 0 Å². The molecule has 2 rings (SSSR count). The number of benzene rings is 1. The lowest BCUT2D eigenvalue weighted by Gasteiger charge is -2.08. The van der Waals surface area contributed by atoms with E-state index in [4.69, 9.17) is 16.0 Å². The Morgan fingerprint density at radius 2 is 1.82 bits per heavy atom. The lowest BCUT2D eigenvalue weighted by molar-refractivity contribution is -0.120. The number of rotatable bonds is 6. The highest BCUT2D eigenvalue weighted by molar-refractivity contribution is 6.31. The van der Waals surface area contributed by atoms with E-state index in [1.54, 1.807) is 18.2 Å². The Kier molecular flexibility index (Phi) is 5.85. The molecule has 2 aromatic rings. The Labute approximate surface area is 132 Å². The lowest BCUT2D eigenvalue weighted by Crippen LogP contribution is -2.41. The molecule has 0 unspecified atom stereocenters. The molecule has 6 nitrogen and oxygen atoms in total. The fourth-order valence-corrected chi connectivity index (χ4v) is 1.90. The summed E-state index contributed by atoms with van der Waals surface area (Å²) in [5, 5.41) is 8.31. The van der Waals surface area contributed by atoms with E-state index in [1.807, 2.05) is 18.2 Å². The van der Waals surface area contributed by atoms with Crippen LogP contribution in [0.15, 0.2) is 47.1 Å². The van der Waals surface area contributed by atoms with Gasteiger partial charge in [0.05, 0.1) is 19.4 Å². The SMILES string of the molecule is O=C(CNC(=O)NCc1ccccc1Cl)NCc1ccco1. The van der Waals surface area contributed by atoms with E-state index in [-0.39, 0.29) is 19.0 Å². The molecule has 3 amide bonds. The summed E-state index contributed by atoms with van der Waals surface area (Å²) in [5.74, 6) is 0.348. The van der Waals surface area contributed by atoms with Gasteiger partial charge < -0.3 is 20.4 Å². The first-order valence-corrected chi connectivity index (χ1v) is 7.07. The molecule has 7 heteroatoms. The molecule has 0 fully saturated rings. The largest absolute Gasteiger partial charge is 0.467 e. The number of hydrogen-bond donors (Lipinski definition) is 3. The molecular formula is C15H16ClN3O3. The Balaban J connectivity index is 1.65. The molecule has 1 aromatic heterocycles. The first-order chi connectivity index (χ1) is 10.6. The Morgan fingerprint density at radius 3 is 2.55 bits per heavy atom. The zero-order valence-electron chi connectivity index (χ0n) is 11.8. The number of hydrogen-bond acceptors (Lipinski definition) is 3. The molecule has 0 aliphatic heterocycles. The number of halogens is 1. The van der Waals surface area contributed by atoms with Crippen LogP contribution >= 0.6 is 11.6 Å². The molecular weight excluding hydrogens is 306 g/mol. The van der Waals surface area contributed by atoms with Crippen LogP contribution in [-0.4, -0.2) is 18.5 Å². The fourth-order valence-electron chi connectivity index (χ4n) is 1.70. The molecule has 1 heterocycles. The van der Waals surface area contributed by atoms with Crippen LogP contribution in [0.5, 0.6) is 0 Å². The molecule has 116 valence electrons. The van der Waals surface area contributed by atoms with E-state index in [2.05, 4.69) is 16.0 Å². The van der Waals surface area contributed by atoms with Crippen molar-refractivity contribution in [2.75, 3.05) is 6.54 Å². The minimum atomic E-state index is -0.437. The third kappa shape index (κ3) is 5.14. The highest BCUT2D eigenvalue weighted by atomic mass is 35.5. The predicted molar refractivity (Wildman–Crippen MR) is 82.2 cm³/mol. The molecule has 0 saturated heterocycles. The maximum absolute atomic E-state index is 11.6. The van der Waals surface area contributed by atoms with Gasteiger partial charge in [-0.2, -0.15) is 0 Å². The van der Waals surface area contributed by atoms with E-state index in [0.29, 0.717) is 17.3 Å². The van der Waals surface area contributed by atoms with Gasteiger partial charge in [0.25, 0.3) is 0 Å². The quantitative estimate of drug-likeness (QED) is 0.761. The average Bonchev–Trinajstić information content (AvgIpc) is 3.03. The second-order valence-electron chi connectivity index (χ2n) is 4.48. The van der Waals surface area contributed by atoms with Gasteiger partial charge in [0.1, 0.15) is 5.76 Å². The van der Waals surface area contributed by atoms with Crippen molar-refractivity contribution in [1.29, 1.82) is 0 Å².